The molecule has 0 aliphatic carbocycles. The topological polar surface area (TPSA) is 36.9 Å². The zero-order valence-electron chi connectivity index (χ0n) is 9.08. The summed E-state index contributed by atoms with van der Waals surface area (Å²) in [4.78, 5) is 0. The molecule has 0 saturated carbocycles. The summed E-state index contributed by atoms with van der Waals surface area (Å²) < 4.78 is 22.6. The molecule has 2 aromatic rings. The zero-order chi connectivity index (χ0) is 12.2. The van der Waals surface area contributed by atoms with Crippen molar-refractivity contribution in [2.24, 2.45) is 0 Å². The van der Waals surface area contributed by atoms with Crippen LogP contribution in [0.1, 0.15) is 0 Å². The number of hydrogen-bond acceptors (Lipinski definition) is 4. The van der Waals surface area contributed by atoms with E-state index in [9.17, 15) is 0 Å². The fourth-order valence-electron chi connectivity index (χ4n) is 1.94. The Morgan fingerprint density at radius 2 is 0.889 bits per heavy atom. The minimum absolute atomic E-state index is 0.526. The van der Waals surface area contributed by atoms with Gasteiger partial charge in [0.05, 0.1) is 0 Å². The van der Waals surface area contributed by atoms with Gasteiger partial charge in [0.1, 0.15) is 0 Å². The van der Waals surface area contributed by atoms with Crippen molar-refractivity contribution in [3.8, 4) is 23.0 Å². The van der Waals surface area contributed by atoms with Gasteiger partial charge in [-0.05, 0) is 0 Å². The normalized spacial score (nSPS) is 22.4. The van der Waals surface area contributed by atoms with Crippen LogP contribution in [0.5, 0.6) is 23.0 Å². The molecule has 4 nitrogen and oxygen atoms in total. The summed E-state index contributed by atoms with van der Waals surface area (Å²) >= 11 is 6.43. The van der Waals surface area contributed by atoms with E-state index in [1.165, 1.54) is 0 Å². The van der Waals surface area contributed by atoms with Crippen molar-refractivity contribution >= 4 is 18.1 Å². The van der Waals surface area contributed by atoms with Gasteiger partial charge in [-0.2, -0.15) is 0 Å². The third-order valence-electron chi connectivity index (χ3n) is 2.68. The molecule has 2 aliphatic heterocycles. The van der Waals surface area contributed by atoms with Crippen LogP contribution >= 0.6 is 18.1 Å². The molecule has 0 aromatic heterocycles. The van der Waals surface area contributed by atoms with E-state index < -0.39 is 6.86 Å². The van der Waals surface area contributed by atoms with E-state index in [0.717, 1.165) is 0 Å². The first-order valence-electron chi connectivity index (χ1n) is 5.37. The minimum atomic E-state index is -4.09. The third kappa shape index (κ3) is 1.30. The Morgan fingerprint density at radius 1 is 0.611 bits per heavy atom. The molecule has 0 fully saturated rings. The van der Waals surface area contributed by atoms with E-state index in [2.05, 4.69) is 0 Å². The van der Waals surface area contributed by atoms with Crippen molar-refractivity contribution in [3.63, 3.8) is 0 Å². The molecule has 4 rings (SSSR count). The molecule has 0 amide bonds. The van der Waals surface area contributed by atoms with Crippen LogP contribution in [0, 0.1) is 0 Å². The van der Waals surface area contributed by atoms with Crippen LogP contribution in [0.2, 0.25) is 0 Å². The Balaban J connectivity index is 1.80. The van der Waals surface area contributed by atoms with Crippen LogP contribution in [0.25, 0.3) is 0 Å². The summed E-state index contributed by atoms with van der Waals surface area (Å²) in [5.41, 5.74) is 0. The summed E-state index contributed by atoms with van der Waals surface area (Å²) in [6, 6.07) is 14.4. The predicted octanol–water partition coefficient (Wildman–Crippen LogP) is 4.30. The number of fused-ring (bicyclic) bond motifs is 2. The second kappa shape index (κ2) is 3.02. The summed E-state index contributed by atoms with van der Waals surface area (Å²) in [7, 11) is 0. The molecule has 0 unspecified atom stereocenters. The van der Waals surface area contributed by atoms with Crippen LogP contribution in [0.15, 0.2) is 48.5 Å². The molecule has 0 N–H and O–H groups in total. The van der Waals surface area contributed by atoms with Crippen molar-refractivity contribution < 1.29 is 18.1 Å². The van der Waals surface area contributed by atoms with E-state index in [1.54, 1.807) is 24.3 Å². The molecule has 6 heteroatoms. The first kappa shape index (κ1) is 10.3. The molecule has 18 heavy (non-hydrogen) atoms. The van der Waals surface area contributed by atoms with Crippen LogP contribution in [-0.4, -0.2) is 0 Å². The van der Waals surface area contributed by atoms with Gasteiger partial charge in [0, 0.05) is 0 Å². The Bertz CT molecular complexity index is 547. The SMILES string of the molecule is ClP12(Oc3ccccc3O1)Oc1ccccc1O2. The van der Waals surface area contributed by atoms with Gasteiger partial charge in [-0.1, -0.05) is 0 Å². The average Bonchev–Trinajstić information content (AvgIpc) is 2.81. The second-order valence-electron chi connectivity index (χ2n) is 3.98. The van der Waals surface area contributed by atoms with Crippen molar-refractivity contribution in [1.29, 1.82) is 0 Å². The molecular formula is C12H8ClO4P. The molecule has 2 aromatic carbocycles. The van der Waals surface area contributed by atoms with Gasteiger partial charge >= 0.3 is 108 Å². The van der Waals surface area contributed by atoms with Crippen LogP contribution in [0.4, 0.5) is 0 Å². The van der Waals surface area contributed by atoms with Gasteiger partial charge in [0.15, 0.2) is 0 Å². The van der Waals surface area contributed by atoms with Crippen LogP contribution in [0.3, 0.4) is 0 Å². The maximum absolute atomic E-state index is 6.43. The summed E-state index contributed by atoms with van der Waals surface area (Å²) in [6.07, 6.45) is 0. The van der Waals surface area contributed by atoms with E-state index >= 15 is 0 Å². The molecule has 2 aliphatic rings. The molecule has 92 valence electrons. The summed E-state index contributed by atoms with van der Waals surface area (Å²) in [5, 5.41) is 0. The zero-order valence-corrected chi connectivity index (χ0v) is 10.7. The van der Waals surface area contributed by atoms with E-state index in [4.69, 9.17) is 29.3 Å². The van der Waals surface area contributed by atoms with Gasteiger partial charge < -0.3 is 0 Å². The fraction of sp³-hybridized carbons (Fsp3) is 0. The van der Waals surface area contributed by atoms with E-state index in [1.807, 2.05) is 24.3 Å². The maximum atomic E-state index is 6.43. The van der Waals surface area contributed by atoms with Crippen molar-refractivity contribution in [2.45, 2.75) is 0 Å². The second-order valence-corrected chi connectivity index (χ2v) is 7.81. The number of benzene rings is 2. The summed E-state index contributed by atoms with van der Waals surface area (Å²) in [6.45, 7) is -4.09. The summed E-state index contributed by atoms with van der Waals surface area (Å²) in [5.74, 6) is 2.10. The molecule has 0 bridgehead atoms. The van der Waals surface area contributed by atoms with Gasteiger partial charge in [0.2, 0.25) is 0 Å². The fourth-order valence-corrected chi connectivity index (χ4v) is 4.92. The van der Waals surface area contributed by atoms with E-state index in [-0.39, 0.29) is 0 Å². The number of halogens is 1. The first-order chi connectivity index (χ1) is 8.64. The van der Waals surface area contributed by atoms with Gasteiger partial charge in [-0.25, -0.2) is 0 Å². The Hall–Kier alpha value is -1.64. The van der Waals surface area contributed by atoms with Crippen molar-refractivity contribution in [2.75, 3.05) is 0 Å². The quantitative estimate of drug-likeness (QED) is 0.675. The Kier molecular flexibility index (Phi) is 1.73. The number of hydrogen-bond donors (Lipinski definition) is 0. The van der Waals surface area contributed by atoms with Crippen molar-refractivity contribution in [1.82, 2.24) is 0 Å². The van der Waals surface area contributed by atoms with Gasteiger partial charge in [-0.3, -0.25) is 0 Å². The average molecular weight is 283 g/mol. The standard InChI is InChI=1S/C12H8ClO4P/c13-18(14-9-5-1-2-6-10(9)15-18)16-11-7-3-4-8-12(11)17-18/h1-8H. The number of rotatable bonds is 0. The van der Waals surface area contributed by atoms with Gasteiger partial charge in [0.25, 0.3) is 0 Å². The molecule has 0 saturated heterocycles. The molecule has 1 spiro atoms. The molecule has 2 heterocycles. The Morgan fingerprint density at radius 3 is 1.17 bits per heavy atom. The molecular weight excluding hydrogens is 275 g/mol. The van der Waals surface area contributed by atoms with Crippen LogP contribution in [-0.2, 0) is 0 Å². The third-order valence-corrected chi connectivity index (χ3v) is 5.46. The predicted molar refractivity (Wildman–Crippen MR) is 68.2 cm³/mol. The first-order valence-corrected chi connectivity index (χ1v) is 8.18. The Labute approximate surface area is 108 Å². The van der Waals surface area contributed by atoms with Crippen molar-refractivity contribution in [3.05, 3.63) is 48.5 Å². The van der Waals surface area contributed by atoms with Gasteiger partial charge in [-0.15, -0.1) is 0 Å². The van der Waals surface area contributed by atoms with Crippen LogP contribution < -0.4 is 18.1 Å². The molecule has 0 atom stereocenters. The monoisotopic (exact) mass is 282 g/mol. The molecule has 0 radical (unpaired) electrons. The number of para-hydroxylation sites is 4. The van der Waals surface area contributed by atoms with E-state index in [0.29, 0.717) is 23.0 Å².